The number of benzene rings is 1. The van der Waals surface area contributed by atoms with E-state index < -0.39 is 0 Å². The van der Waals surface area contributed by atoms with Gasteiger partial charge in [-0.3, -0.25) is 0 Å². The number of hydrogen-bond donors (Lipinski definition) is 1. The first kappa shape index (κ1) is 16.2. The molecule has 0 aliphatic heterocycles. The first-order chi connectivity index (χ1) is 9.26. The van der Waals surface area contributed by atoms with Gasteiger partial charge in [0.05, 0.1) is 0 Å². The van der Waals surface area contributed by atoms with Gasteiger partial charge in [-0.05, 0) is 36.4 Å². The molecule has 0 aliphatic rings. The second kappa shape index (κ2) is 9.14. The van der Waals surface area contributed by atoms with Gasteiger partial charge in [0.2, 0.25) is 0 Å². The van der Waals surface area contributed by atoms with Crippen molar-refractivity contribution in [3.63, 3.8) is 0 Å². The predicted octanol–water partition coefficient (Wildman–Crippen LogP) is 5.12. The quantitative estimate of drug-likeness (QED) is 0.651. The smallest absolute Gasteiger partial charge is 0.0348 e. The van der Waals surface area contributed by atoms with E-state index in [0.717, 1.165) is 18.9 Å². The second-order valence-corrected chi connectivity index (χ2v) is 5.44. The molecule has 2 unspecified atom stereocenters. The van der Waals surface area contributed by atoms with Gasteiger partial charge in [-0.25, -0.2) is 0 Å². The molecule has 0 aromatic heterocycles. The molecule has 0 saturated carbocycles. The van der Waals surface area contributed by atoms with Gasteiger partial charge in [0.1, 0.15) is 0 Å². The Kier molecular flexibility index (Phi) is 7.81. The molecule has 2 atom stereocenters. The van der Waals surface area contributed by atoms with Gasteiger partial charge in [-0.15, -0.1) is 0 Å². The van der Waals surface area contributed by atoms with Gasteiger partial charge in [-0.1, -0.05) is 71.2 Å². The molecule has 0 aliphatic carbocycles. The lowest BCUT2D eigenvalue weighted by atomic mass is 9.86. The van der Waals surface area contributed by atoms with Gasteiger partial charge < -0.3 is 5.32 Å². The zero-order valence-corrected chi connectivity index (χ0v) is 13.2. The molecule has 1 rings (SSSR count). The van der Waals surface area contributed by atoms with Crippen LogP contribution in [0.25, 0.3) is 0 Å². The van der Waals surface area contributed by atoms with Crippen molar-refractivity contribution in [3.05, 3.63) is 35.4 Å². The van der Waals surface area contributed by atoms with Gasteiger partial charge in [-0.2, -0.15) is 0 Å². The number of nitrogens with one attached hydrogen (secondary N) is 1. The molecule has 1 nitrogen and oxygen atoms in total. The summed E-state index contributed by atoms with van der Waals surface area (Å²) in [6.07, 6.45) is 6.35. The fourth-order valence-corrected chi connectivity index (χ4v) is 2.86. The molecule has 1 N–H and O–H groups in total. The van der Waals surface area contributed by atoms with Crippen LogP contribution in [0.3, 0.4) is 0 Å². The third-order valence-electron chi connectivity index (χ3n) is 4.07. The Hall–Kier alpha value is -0.820. The minimum Gasteiger partial charge on any atom is -0.310 e. The number of unbranched alkanes of at least 4 members (excludes halogenated alkanes) is 1. The van der Waals surface area contributed by atoms with Crippen molar-refractivity contribution in [2.24, 2.45) is 5.92 Å². The van der Waals surface area contributed by atoms with Gasteiger partial charge >= 0.3 is 0 Å². The largest absolute Gasteiger partial charge is 0.310 e. The van der Waals surface area contributed by atoms with Crippen LogP contribution in [0, 0.1) is 5.92 Å². The van der Waals surface area contributed by atoms with E-state index in [1.54, 1.807) is 0 Å². The first-order valence-electron chi connectivity index (χ1n) is 8.08. The number of rotatable bonds is 9. The summed E-state index contributed by atoms with van der Waals surface area (Å²) in [7, 11) is 0. The Morgan fingerprint density at radius 3 is 2.47 bits per heavy atom. The topological polar surface area (TPSA) is 12.0 Å². The van der Waals surface area contributed by atoms with Crippen molar-refractivity contribution in [2.45, 2.75) is 65.8 Å². The van der Waals surface area contributed by atoms with E-state index in [9.17, 15) is 0 Å². The molecule has 0 amide bonds. The molecule has 0 bridgehead atoms. The summed E-state index contributed by atoms with van der Waals surface area (Å²) in [5.41, 5.74) is 2.93. The molecular weight excluding hydrogens is 230 g/mol. The monoisotopic (exact) mass is 261 g/mol. The summed E-state index contributed by atoms with van der Waals surface area (Å²) in [4.78, 5) is 0. The Balaban J connectivity index is 2.89. The average molecular weight is 261 g/mol. The molecule has 108 valence electrons. The van der Waals surface area contributed by atoms with E-state index in [1.165, 1.54) is 36.8 Å². The Bertz CT molecular complexity index is 345. The van der Waals surface area contributed by atoms with Crippen molar-refractivity contribution in [3.8, 4) is 0 Å². The molecule has 0 heterocycles. The molecule has 1 heteroatoms. The summed E-state index contributed by atoms with van der Waals surface area (Å²) in [5.74, 6) is 0.756. The van der Waals surface area contributed by atoms with E-state index in [-0.39, 0.29) is 0 Å². The highest BCUT2D eigenvalue weighted by Crippen LogP contribution is 2.29. The summed E-state index contributed by atoms with van der Waals surface area (Å²) >= 11 is 0. The highest BCUT2D eigenvalue weighted by molar-refractivity contribution is 5.26. The van der Waals surface area contributed by atoms with Crippen LogP contribution in [0.1, 0.15) is 70.5 Å². The van der Waals surface area contributed by atoms with Crippen LogP contribution in [0.4, 0.5) is 0 Å². The van der Waals surface area contributed by atoms with Crippen molar-refractivity contribution in [2.75, 3.05) is 6.54 Å². The Morgan fingerprint density at radius 2 is 1.89 bits per heavy atom. The summed E-state index contributed by atoms with van der Waals surface area (Å²) in [5, 5.41) is 3.71. The fraction of sp³-hybridized carbons (Fsp3) is 0.667. The van der Waals surface area contributed by atoms with Gasteiger partial charge in [0.25, 0.3) is 0 Å². The zero-order chi connectivity index (χ0) is 14.1. The molecule has 0 spiro atoms. The van der Waals surface area contributed by atoms with Crippen LogP contribution in [-0.4, -0.2) is 6.54 Å². The fourth-order valence-electron chi connectivity index (χ4n) is 2.86. The zero-order valence-electron chi connectivity index (χ0n) is 13.2. The van der Waals surface area contributed by atoms with E-state index >= 15 is 0 Å². The maximum absolute atomic E-state index is 3.71. The number of hydrogen-bond acceptors (Lipinski definition) is 1. The third kappa shape index (κ3) is 4.99. The lowest BCUT2D eigenvalue weighted by Crippen LogP contribution is -2.28. The van der Waals surface area contributed by atoms with E-state index in [4.69, 9.17) is 0 Å². The van der Waals surface area contributed by atoms with Crippen LogP contribution in [0.5, 0.6) is 0 Å². The van der Waals surface area contributed by atoms with E-state index in [2.05, 4.69) is 57.3 Å². The second-order valence-electron chi connectivity index (χ2n) is 5.44. The molecule has 0 fully saturated rings. The maximum Gasteiger partial charge on any atom is 0.0348 e. The highest BCUT2D eigenvalue weighted by atomic mass is 14.9. The predicted molar refractivity (Wildman–Crippen MR) is 85.5 cm³/mol. The molecule has 0 saturated heterocycles. The molecule has 1 aromatic rings. The number of aryl methyl sites for hydroxylation is 1. The summed E-state index contributed by atoms with van der Waals surface area (Å²) < 4.78 is 0. The Morgan fingerprint density at radius 1 is 1.11 bits per heavy atom. The SMILES string of the molecule is CCCCC(CC)C(NCC)c1cccc(CC)c1. The average Bonchev–Trinajstić information content (AvgIpc) is 2.46. The normalized spacial score (nSPS) is 14.3. The first-order valence-corrected chi connectivity index (χ1v) is 8.08. The van der Waals surface area contributed by atoms with Crippen molar-refractivity contribution in [1.82, 2.24) is 5.32 Å². The van der Waals surface area contributed by atoms with Crippen LogP contribution in [-0.2, 0) is 6.42 Å². The van der Waals surface area contributed by atoms with E-state index in [1.807, 2.05) is 0 Å². The third-order valence-corrected chi connectivity index (χ3v) is 4.07. The van der Waals surface area contributed by atoms with Gasteiger partial charge in [0.15, 0.2) is 0 Å². The van der Waals surface area contributed by atoms with Crippen molar-refractivity contribution < 1.29 is 0 Å². The molecule has 1 aromatic carbocycles. The van der Waals surface area contributed by atoms with Crippen LogP contribution in [0.15, 0.2) is 24.3 Å². The minimum absolute atomic E-state index is 0.521. The highest BCUT2D eigenvalue weighted by Gasteiger charge is 2.20. The lowest BCUT2D eigenvalue weighted by Gasteiger charge is -2.28. The lowest BCUT2D eigenvalue weighted by molar-refractivity contribution is 0.327. The minimum atomic E-state index is 0.521. The standard InChI is InChI=1S/C18H31N/c1-5-9-12-16(7-3)18(19-8-4)17-13-10-11-15(6-2)14-17/h10-11,13-14,16,18-19H,5-9,12H2,1-4H3. The van der Waals surface area contributed by atoms with Crippen molar-refractivity contribution >= 4 is 0 Å². The molecular formula is C18H31N. The summed E-state index contributed by atoms with van der Waals surface area (Å²) in [6, 6.07) is 9.65. The maximum atomic E-state index is 3.71. The van der Waals surface area contributed by atoms with Crippen molar-refractivity contribution in [1.29, 1.82) is 0 Å². The Labute approximate surface area is 119 Å². The molecule has 0 radical (unpaired) electrons. The van der Waals surface area contributed by atoms with E-state index in [0.29, 0.717) is 6.04 Å². The van der Waals surface area contributed by atoms with Crippen LogP contribution >= 0.6 is 0 Å². The molecule has 19 heavy (non-hydrogen) atoms. The van der Waals surface area contributed by atoms with Crippen LogP contribution < -0.4 is 5.32 Å². The van der Waals surface area contributed by atoms with Gasteiger partial charge in [0, 0.05) is 6.04 Å². The van der Waals surface area contributed by atoms with Crippen LogP contribution in [0.2, 0.25) is 0 Å². The summed E-state index contributed by atoms with van der Waals surface area (Å²) in [6.45, 7) is 10.1.